The van der Waals surface area contributed by atoms with E-state index < -0.39 is 10.0 Å². The second-order valence-corrected chi connectivity index (χ2v) is 7.65. The highest BCUT2D eigenvalue weighted by Crippen LogP contribution is 2.26. The van der Waals surface area contributed by atoms with Crippen LogP contribution in [0.3, 0.4) is 0 Å². The van der Waals surface area contributed by atoms with Crippen LogP contribution >= 0.6 is 0 Å². The summed E-state index contributed by atoms with van der Waals surface area (Å²) in [6.45, 7) is 3.20. The first kappa shape index (κ1) is 14.6. The van der Waals surface area contributed by atoms with Gasteiger partial charge in [0.05, 0.1) is 0 Å². The summed E-state index contributed by atoms with van der Waals surface area (Å²) in [5.74, 6) is -0.0137. The molecular weight excluding hydrogens is 286 g/mol. The normalized spacial score (nSPS) is 18.4. The van der Waals surface area contributed by atoms with Crippen molar-refractivity contribution in [3.63, 3.8) is 0 Å². The predicted octanol–water partition coefficient (Wildman–Crippen LogP) is 2.04. The van der Waals surface area contributed by atoms with E-state index in [1.807, 2.05) is 42.0 Å². The van der Waals surface area contributed by atoms with Crippen LogP contribution in [-0.4, -0.2) is 30.4 Å². The van der Waals surface area contributed by atoms with Gasteiger partial charge in [-0.25, -0.2) is 12.7 Å². The molecule has 1 unspecified atom stereocenters. The summed E-state index contributed by atoms with van der Waals surface area (Å²) in [7, 11) is -3.26. The molecule has 0 spiro atoms. The Kier molecular flexibility index (Phi) is 3.77. The number of fused-ring (bicyclic) bond motifs is 1. The van der Waals surface area contributed by atoms with Crippen LogP contribution in [0.2, 0.25) is 0 Å². The highest BCUT2D eigenvalue weighted by atomic mass is 32.2. The monoisotopic (exact) mass is 307 g/mol. The van der Waals surface area contributed by atoms with Crippen molar-refractivity contribution in [3.8, 4) is 0 Å². The molecule has 21 heavy (non-hydrogen) atoms. The molecule has 0 bridgehead atoms. The van der Waals surface area contributed by atoms with Crippen molar-refractivity contribution in [2.24, 2.45) is 5.73 Å². The average Bonchev–Trinajstić information content (AvgIpc) is 3.07. The number of rotatable bonds is 4. The van der Waals surface area contributed by atoms with Crippen LogP contribution in [-0.2, 0) is 15.9 Å². The number of nitrogens with zero attached hydrogens (tertiary/aromatic N) is 2. The molecule has 114 valence electrons. The summed E-state index contributed by atoms with van der Waals surface area (Å²) in [4.78, 5) is 0. The van der Waals surface area contributed by atoms with Gasteiger partial charge >= 0.3 is 0 Å². The van der Waals surface area contributed by atoms with E-state index >= 15 is 0 Å². The number of sulfonamides is 1. The SMILES string of the molecule is CC(N)c1cn(CS(=O)(=O)N2CCCC2)c2ccccc12. The number of para-hydroxylation sites is 1. The molecule has 1 aromatic carbocycles. The summed E-state index contributed by atoms with van der Waals surface area (Å²) >= 11 is 0. The van der Waals surface area contributed by atoms with Gasteiger partial charge in [0.15, 0.2) is 0 Å². The number of hydrogen-bond acceptors (Lipinski definition) is 3. The summed E-state index contributed by atoms with van der Waals surface area (Å²) in [5.41, 5.74) is 7.92. The molecule has 0 amide bonds. The molecule has 3 rings (SSSR count). The summed E-state index contributed by atoms with van der Waals surface area (Å²) in [5, 5.41) is 1.03. The third kappa shape index (κ3) is 2.71. The zero-order valence-electron chi connectivity index (χ0n) is 12.2. The third-order valence-electron chi connectivity index (χ3n) is 4.07. The van der Waals surface area contributed by atoms with E-state index in [9.17, 15) is 8.42 Å². The Morgan fingerprint density at radius 3 is 2.57 bits per heavy atom. The molecule has 1 aliphatic rings. The molecule has 1 aliphatic heterocycles. The fourth-order valence-corrected chi connectivity index (χ4v) is 4.51. The standard InChI is InChI=1S/C15H21N3O2S/c1-12(16)14-10-17(15-7-3-2-6-13(14)15)11-21(19,20)18-8-4-5-9-18/h2-3,6-7,10,12H,4-5,8-9,11,16H2,1H3. The minimum absolute atomic E-state index is 0.0137. The van der Waals surface area contributed by atoms with Crippen molar-refractivity contribution < 1.29 is 8.42 Å². The molecule has 1 aromatic heterocycles. The lowest BCUT2D eigenvalue weighted by Gasteiger charge is -2.16. The van der Waals surface area contributed by atoms with Crippen LogP contribution in [0.25, 0.3) is 10.9 Å². The van der Waals surface area contributed by atoms with Crippen LogP contribution in [0.4, 0.5) is 0 Å². The first-order chi connectivity index (χ1) is 9.99. The highest BCUT2D eigenvalue weighted by molar-refractivity contribution is 7.88. The lowest BCUT2D eigenvalue weighted by molar-refractivity contribution is 0.469. The van der Waals surface area contributed by atoms with E-state index in [-0.39, 0.29) is 11.9 Å². The Balaban J connectivity index is 2.01. The van der Waals surface area contributed by atoms with Crippen LogP contribution in [0, 0.1) is 0 Å². The zero-order valence-corrected chi connectivity index (χ0v) is 13.0. The molecule has 6 heteroatoms. The molecular formula is C15H21N3O2S. The maximum atomic E-state index is 12.5. The highest BCUT2D eigenvalue weighted by Gasteiger charge is 2.26. The summed E-state index contributed by atoms with van der Waals surface area (Å²) < 4.78 is 28.4. The van der Waals surface area contributed by atoms with Gasteiger partial charge in [-0.05, 0) is 31.4 Å². The molecule has 0 aliphatic carbocycles. The van der Waals surface area contributed by atoms with Gasteiger partial charge in [-0.15, -0.1) is 0 Å². The van der Waals surface area contributed by atoms with Gasteiger partial charge in [-0.2, -0.15) is 0 Å². The maximum Gasteiger partial charge on any atom is 0.232 e. The molecule has 1 saturated heterocycles. The van der Waals surface area contributed by atoms with Crippen molar-refractivity contribution in [2.45, 2.75) is 31.7 Å². The first-order valence-electron chi connectivity index (χ1n) is 7.30. The zero-order chi connectivity index (χ0) is 15.0. The van der Waals surface area contributed by atoms with Gasteiger partial charge in [-0.1, -0.05) is 18.2 Å². The molecule has 2 N–H and O–H groups in total. The van der Waals surface area contributed by atoms with Gasteiger partial charge < -0.3 is 10.3 Å². The van der Waals surface area contributed by atoms with Gasteiger partial charge in [0.1, 0.15) is 5.88 Å². The van der Waals surface area contributed by atoms with E-state index in [4.69, 9.17) is 5.73 Å². The van der Waals surface area contributed by atoms with Crippen molar-refractivity contribution in [3.05, 3.63) is 36.0 Å². The van der Waals surface area contributed by atoms with Crippen molar-refractivity contribution in [1.82, 2.24) is 8.87 Å². The molecule has 0 saturated carbocycles. The van der Waals surface area contributed by atoms with Gasteiger partial charge in [0.2, 0.25) is 10.0 Å². The van der Waals surface area contributed by atoms with E-state index in [0.717, 1.165) is 29.3 Å². The number of benzene rings is 1. The molecule has 1 atom stereocenters. The van der Waals surface area contributed by atoms with Crippen molar-refractivity contribution in [2.75, 3.05) is 13.1 Å². The fraction of sp³-hybridized carbons (Fsp3) is 0.467. The third-order valence-corrected chi connectivity index (χ3v) is 5.83. The minimum atomic E-state index is -3.26. The van der Waals surface area contributed by atoms with Gasteiger partial charge in [0, 0.05) is 36.2 Å². The van der Waals surface area contributed by atoms with E-state index in [2.05, 4.69) is 0 Å². The van der Waals surface area contributed by atoms with Crippen LogP contribution in [0.5, 0.6) is 0 Å². The van der Waals surface area contributed by atoms with Crippen LogP contribution in [0.1, 0.15) is 31.4 Å². The summed E-state index contributed by atoms with van der Waals surface area (Å²) in [6.07, 6.45) is 3.79. The molecule has 2 aromatic rings. The second kappa shape index (κ2) is 5.44. The van der Waals surface area contributed by atoms with Crippen LogP contribution < -0.4 is 5.73 Å². The fourth-order valence-electron chi connectivity index (χ4n) is 2.97. The lowest BCUT2D eigenvalue weighted by Crippen LogP contribution is -2.30. The van der Waals surface area contributed by atoms with Gasteiger partial charge in [-0.3, -0.25) is 0 Å². The van der Waals surface area contributed by atoms with Gasteiger partial charge in [0.25, 0.3) is 0 Å². The Hall–Kier alpha value is -1.37. The Morgan fingerprint density at radius 2 is 1.90 bits per heavy atom. The molecule has 0 radical (unpaired) electrons. The number of nitrogens with two attached hydrogens (primary N) is 1. The molecule has 2 heterocycles. The van der Waals surface area contributed by atoms with Crippen molar-refractivity contribution >= 4 is 20.9 Å². The van der Waals surface area contributed by atoms with E-state index in [1.165, 1.54) is 0 Å². The number of hydrogen-bond donors (Lipinski definition) is 1. The first-order valence-corrected chi connectivity index (χ1v) is 8.91. The maximum absolute atomic E-state index is 12.5. The Morgan fingerprint density at radius 1 is 1.24 bits per heavy atom. The Labute approximate surface area is 125 Å². The predicted molar refractivity (Wildman–Crippen MR) is 84.3 cm³/mol. The summed E-state index contributed by atoms with van der Waals surface area (Å²) in [6, 6.07) is 7.69. The topological polar surface area (TPSA) is 68.3 Å². The van der Waals surface area contributed by atoms with E-state index in [0.29, 0.717) is 13.1 Å². The second-order valence-electron chi connectivity index (χ2n) is 5.71. The number of aromatic nitrogens is 1. The molecule has 1 fully saturated rings. The minimum Gasteiger partial charge on any atom is -0.331 e. The van der Waals surface area contributed by atoms with E-state index in [1.54, 1.807) is 4.31 Å². The smallest absolute Gasteiger partial charge is 0.232 e. The Bertz CT molecular complexity index is 743. The largest absolute Gasteiger partial charge is 0.331 e. The van der Waals surface area contributed by atoms with Crippen LogP contribution in [0.15, 0.2) is 30.5 Å². The average molecular weight is 307 g/mol. The van der Waals surface area contributed by atoms with Crippen molar-refractivity contribution in [1.29, 1.82) is 0 Å². The lowest BCUT2D eigenvalue weighted by atomic mass is 10.1. The molecule has 5 nitrogen and oxygen atoms in total. The quantitative estimate of drug-likeness (QED) is 0.940.